The molecule has 0 aliphatic carbocycles. The van der Waals surface area contributed by atoms with E-state index < -0.39 is 0 Å². The number of aromatic nitrogens is 2. The van der Waals surface area contributed by atoms with Crippen molar-refractivity contribution in [3.63, 3.8) is 0 Å². The molecule has 128 valence electrons. The number of hydrogen-bond donors (Lipinski definition) is 1. The first-order valence-corrected chi connectivity index (χ1v) is 9.33. The first kappa shape index (κ1) is 16.1. The van der Waals surface area contributed by atoms with Gasteiger partial charge in [-0.1, -0.05) is 24.3 Å². The van der Waals surface area contributed by atoms with Crippen LogP contribution < -0.4 is 5.32 Å². The van der Waals surface area contributed by atoms with Gasteiger partial charge in [-0.05, 0) is 36.6 Å². The lowest BCUT2D eigenvalue weighted by atomic mass is 10.2. The second kappa shape index (κ2) is 6.82. The number of para-hydroxylation sites is 1. The zero-order chi connectivity index (χ0) is 17.2. The molecule has 0 saturated carbocycles. The number of nitrogens with zero attached hydrogens (tertiary/aromatic N) is 3. The third-order valence-electron chi connectivity index (χ3n) is 4.47. The highest BCUT2D eigenvalue weighted by molar-refractivity contribution is 7.13. The Morgan fingerprint density at radius 1 is 1.24 bits per heavy atom. The molecule has 1 fully saturated rings. The summed E-state index contributed by atoms with van der Waals surface area (Å²) in [6, 6.07) is 16.1. The maximum Gasteiger partial charge on any atom is 0.274 e. The molecule has 5 nitrogen and oxygen atoms in total. The fourth-order valence-corrected chi connectivity index (χ4v) is 3.87. The van der Waals surface area contributed by atoms with Crippen LogP contribution in [-0.2, 0) is 0 Å². The third-order valence-corrected chi connectivity index (χ3v) is 5.36. The van der Waals surface area contributed by atoms with Crippen LogP contribution in [0.2, 0.25) is 0 Å². The molecule has 0 radical (unpaired) electrons. The number of benzene rings is 1. The van der Waals surface area contributed by atoms with Gasteiger partial charge >= 0.3 is 0 Å². The lowest BCUT2D eigenvalue weighted by Crippen LogP contribution is -2.52. The Balaban J connectivity index is 1.76. The topological polar surface area (TPSA) is 50.2 Å². The smallest absolute Gasteiger partial charge is 0.274 e. The van der Waals surface area contributed by atoms with Crippen LogP contribution in [0, 0.1) is 0 Å². The molecule has 1 N–H and O–H groups in total. The highest BCUT2D eigenvalue weighted by Crippen LogP contribution is 2.28. The van der Waals surface area contributed by atoms with E-state index in [9.17, 15) is 4.79 Å². The van der Waals surface area contributed by atoms with Gasteiger partial charge in [0.15, 0.2) is 5.69 Å². The van der Waals surface area contributed by atoms with Gasteiger partial charge in [0.25, 0.3) is 5.91 Å². The van der Waals surface area contributed by atoms with Gasteiger partial charge in [0, 0.05) is 25.7 Å². The summed E-state index contributed by atoms with van der Waals surface area (Å²) in [6.07, 6.45) is 0. The van der Waals surface area contributed by atoms with Crippen molar-refractivity contribution in [3.8, 4) is 16.3 Å². The predicted molar refractivity (Wildman–Crippen MR) is 100 cm³/mol. The van der Waals surface area contributed by atoms with Gasteiger partial charge in [-0.2, -0.15) is 5.10 Å². The Morgan fingerprint density at radius 2 is 2.08 bits per heavy atom. The standard InChI is InChI=1S/C19H20N4OS/c1-14-13-20-9-10-22(14)19(24)16-12-17(18-8-5-11-25-18)23(21-16)15-6-3-2-4-7-15/h2-8,11-12,14,20H,9-10,13H2,1H3. The molecular weight excluding hydrogens is 332 g/mol. The lowest BCUT2D eigenvalue weighted by Gasteiger charge is -2.33. The molecule has 3 heterocycles. The first-order valence-electron chi connectivity index (χ1n) is 8.45. The fourth-order valence-electron chi connectivity index (χ4n) is 3.14. The number of nitrogens with one attached hydrogen (secondary N) is 1. The number of carbonyl (C=O) groups is 1. The van der Waals surface area contributed by atoms with E-state index in [1.54, 1.807) is 11.3 Å². The number of carbonyl (C=O) groups excluding carboxylic acids is 1. The van der Waals surface area contributed by atoms with E-state index in [0.29, 0.717) is 12.2 Å². The van der Waals surface area contributed by atoms with Crippen LogP contribution in [-0.4, -0.2) is 46.3 Å². The molecular formula is C19H20N4OS. The summed E-state index contributed by atoms with van der Waals surface area (Å²) in [6.45, 7) is 4.43. The van der Waals surface area contributed by atoms with Gasteiger partial charge in [0.05, 0.1) is 16.3 Å². The van der Waals surface area contributed by atoms with Gasteiger partial charge in [0.2, 0.25) is 0 Å². The minimum Gasteiger partial charge on any atom is -0.332 e. The van der Waals surface area contributed by atoms with Crippen LogP contribution in [0.4, 0.5) is 0 Å². The molecule has 1 amide bonds. The molecule has 4 rings (SSSR count). The van der Waals surface area contributed by atoms with Crippen LogP contribution in [0.1, 0.15) is 17.4 Å². The van der Waals surface area contributed by atoms with Crippen LogP contribution in [0.3, 0.4) is 0 Å². The number of thiophene rings is 1. The molecule has 0 spiro atoms. The van der Waals surface area contributed by atoms with E-state index in [-0.39, 0.29) is 11.9 Å². The normalized spacial score (nSPS) is 17.6. The summed E-state index contributed by atoms with van der Waals surface area (Å²) in [4.78, 5) is 16.0. The summed E-state index contributed by atoms with van der Waals surface area (Å²) >= 11 is 1.65. The monoisotopic (exact) mass is 352 g/mol. The van der Waals surface area contributed by atoms with Gasteiger partial charge in [-0.3, -0.25) is 4.79 Å². The minimum atomic E-state index is 0.00138. The SMILES string of the molecule is CC1CNCCN1C(=O)c1cc(-c2cccs2)n(-c2ccccc2)n1. The Bertz CT molecular complexity index is 857. The van der Waals surface area contributed by atoms with Crippen molar-refractivity contribution in [2.45, 2.75) is 13.0 Å². The van der Waals surface area contributed by atoms with Gasteiger partial charge in [-0.15, -0.1) is 11.3 Å². The summed E-state index contributed by atoms with van der Waals surface area (Å²) in [5, 5.41) is 10.0. The van der Waals surface area contributed by atoms with Crippen LogP contribution in [0.25, 0.3) is 16.3 Å². The van der Waals surface area contributed by atoms with E-state index in [2.05, 4.69) is 23.4 Å². The molecule has 2 aromatic heterocycles. The molecule has 1 saturated heterocycles. The predicted octanol–water partition coefficient (Wildman–Crippen LogP) is 3.03. The van der Waals surface area contributed by atoms with Crippen LogP contribution in [0.5, 0.6) is 0 Å². The van der Waals surface area contributed by atoms with Crippen molar-refractivity contribution < 1.29 is 4.79 Å². The average molecular weight is 352 g/mol. The second-order valence-electron chi connectivity index (χ2n) is 6.19. The van der Waals surface area contributed by atoms with Crippen molar-refractivity contribution in [1.82, 2.24) is 20.0 Å². The highest BCUT2D eigenvalue weighted by atomic mass is 32.1. The molecule has 1 aromatic carbocycles. The van der Waals surface area contributed by atoms with Crippen molar-refractivity contribution in [2.24, 2.45) is 0 Å². The van der Waals surface area contributed by atoms with E-state index >= 15 is 0 Å². The molecule has 25 heavy (non-hydrogen) atoms. The van der Waals surface area contributed by atoms with E-state index in [1.165, 1.54) is 0 Å². The maximum absolute atomic E-state index is 13.0. The number of amides is 1. The Kier molecular flexibility index (Phi) is 4.38. The van der Waals surface area contributed by atoms with Crippen molar-refractivity contribution in [1.29, 1.82) is 0 Å². The molecule has 6 heteroatoms. The number of rotatable bonds is 3. The highest BCUT2D eigenvalue weighted by Gasteiger charge is 2.27. The first-order chi connectivity index (χ1) is 12.2. The number of hydrogen-bond acceptors (Lipinski definition) is 4. The Labute approximate surface area is 150 Å². The zero-order valence-corrected chi connectivity index (χ0v) is 14.9. The van der Waals surface area contributed by atoms with Crippen molar-refractivity contribution in [2.75, 3.05) is 19.6 Å². The second-order valence-corrected chi connectivity index (χ2v) is 7.14. The maximum atomic E-state index is 13.0. The molecule has 1 atom stereocenters. The Morgan fingerprint density at radius 3 is 2.80 bits per heavy atom. The fraction of sp³-hybridized carbons (Fsp3) is 0.263. The van der Waals surface area contributed by atoms with Crippen LogP contribution >= 0.6 is 11.3 Å². The number of piperazine rings is 1. The van der Waals surface area contributed by atoms with Crippen molar-refractivity contribution in [3.05, 3.63) is 59.6 Å². The zero-order valence-electron chi connectivity index (χ0n) is 14.1. The molecule has 1 aliphatic rings. The largest absolute Gasteiger partial charge is 0.332 e. The molecule has 0 bridgehead atoms. The summed E-state index contributed by atoms with van der Waals surface area (Å²) in [5.41, 5.74) is 2.41. The molecule has 1 unspecified atom stereocenters. The average Bonchev–Trinajstić information content (AvgIpc) is 3.32. The third kappa shape index (κ3) is 3.10. The summed E-state index contributed by atoms with van der Waals surface area (Å²) in [5.74, 6) is 0.00138. The molecule has 1 aliphatic heterocycles. The minimum absolute atomic E-state index is 0.00138. The van der Waals surface area contributed by atoms with E-state index in [1.807, 2.05) is 57.4 Å². The van der Waals surface area contributed by atoms with Crippen LogP contribution in [0.15, 0.2) is 53.9 Å². The van der Waals surface area contributed by atoms with Gasteiger partial charge in [0.1, 0.15) is 0 Å². The van der Waals surface area contributed by atoms with Crippen molar-refractivity contribution >= 4 is 17.2 Å². The van der Waals surface area contributed by atoms with Gasteiger partial charge < -0.3 is 10.2 Å². The summed E-state index contributed by atoms with van der Waals surface area (Å²) < 4.78 is 1.87. The summed E-state index contributed by atoms with van der Waals surface area (Å²) in [7, 11) is 0. The van der Waals surface area contributed by atoms with E-state index in [0.717, 1.165) is 29.3 Å². The van der Waals surface area contributed by atoms with Gasteiger partial charge in [-0.25, -0.2) is 4.68 Å². The lowest BCUT2D eigenvalue weighted by molar-refractivity contribution is 0.0649. The van der Waals surface area contributed by atoms with E-state index in [4.69, 9.17) is 0 Å². The molecule has 3 aromatic rings. The quantitative estimate of drug-likeness (QED) is 0.788. The Hall–Kier alpha value is -2.44.